The molecule has 1 amide bonds. The Labute approximate surface area is 89.9 Å². The molecule has 0 aromatic carbocycles. The van der Waals surface area contributed by atoms with E-state index in [1.54, 1.807) is 13.1 Å². The molecule has 2 unspecified atom stereocenters. The van der Waals surface area contributed by atoms with Gasteiger partial charge in [0.15, 0.2) is 0 Å². The lowest BCUT2D eigenvalue weighted by molar-refractivity contribution is -0.154. The van der Waals surface area contributed by atoms with Crippen molar-refractivity contribution in [3.63, 3.8) is 0 Å². The van der Waals surface area contributed by atoms with Crippen LogP contribution in [0.25, 0.3) is 0 Å². The van der Waals surface area contributed by atoms with Gasteiger partial charge >= 0.3 is 5.97 Å². The van der Waals surface area contributed by atoms with Crippen LogP contribution in [-0.2, 0) is 14.3 Å². The highest BCUT2D eigenvalue weighted by Gasteiger charge is 2.35. The standard InChI is InChI=1S/C11H17NO3/c1-5-7(2)10-11(14)15-8(3)6-12(10)9(4)13/h6-7,10H,5H2,1-4H3. The number of esters is 1. The van der Waals surface area contributed by atoms with Gasteiger partial charge in [-0.05, 0) is 12.8 Å². The Morgan fingerprint density at radius 3 is 2.73 bits per heavy atom. The minimum Gasteiger partial charge on any atom is -0.428 e. The lowest BCUT2D eigenvalue weighted by atomic mass is 9.97. The molecule has 1 heterocycles. The summed E-state index contributed by atoms with van der Waals surface area (Å²) in [4.78, 5) is 24.5. The van der Waals surface area contributed by atoms with Crippen molar-refractivity contribution in [3.8, 4) is 0 Å². The van der Waals surface area contributed by atoms with Gasteiger partial charge in [0, 0.05) is 13.1 Å². The van der Waals surface area contributed by atoms with Crippen molar-refractivity contribution in [2.45, 2.75) is 40.2 Å². The van der Waals surface area contributed by atoms with Gasteiger partial charge < -0.3 is 9.64 Å². The molecule has 0 saturated carbocycles. The molecule has 4 heteroatoms. The fraction of sp³-hybridized carbons (Fsp3) is 0.636. The van der Waals surface area contributed by atoms with E-state index in [1.807, 2.05) is 13.8 Å². The summed E-state index contributed by atoms with van der Waals surface area (Å²) in [6.45, 7) is 7.05. The number of hydrogen-bond acceptors (Lipinski definition) is 3. The predicted molar refractivity (Wildman–Crippen MR) is 55.6 cm³/mol. The van der Waals surface area contributed by atoms with Gasteiger partial charge in [-0.3, -0.25) is 4.79 Å². The van der Waals surface area contributed by atoms with Crippen molar-refractivity contribution >= 4 is 11.9 Å². The maximum Gasteiger partial charge on any atom is 0.334 e. The smallest absolute Gasteiger partial charge is 0.334 e. The van der Waals surface area contributed by atoms with Crippen LogP contribution in [0.1, 0.15) is 34.1 Å². The van der Waals surface area contributed by atoms with Gasteiger partial charge in [0.05, 0.1) is 0 Å². The Bertz CT molecular complexity index is 309. The van der Waals surface area contributed by atoms with E-state index in [-0.39, 0.29) is 17.8 Å². The molecule has 0 bridgehead atoms. The highest BCUT2D eigenvalue weighted by molar-refractivity contribution is 5.86. The first-order valence-electron chi connectivity index (χ1n) is 5.16. The van der Waals surface area contributed by atoms with Gasteiger partial charge in [0.1, 0.15) is 11.8 Å². The molecule has 84 valence electrons. The lowest BCUT2D eigenvalue weighted by Gasteiger charge is -2.33. The first-order chi connectivity index (χ1) is 6.97. The second-order valence-electron chi connectivity index (χ2n) is 3.92. The maximum absolute atomic E-state index is 11.7. The average Bonchev–Trinajstić information content (AvgIpc) is 2.15. The molecule has 1 rings (SSSR count). The maximum atomic E-state index is 11.7. The lowest BCUT2D eigenvalue weighted by Crippen LogP contribution is -2.48. The number of rotatable bonds is 2. The molecule has 0 aromatic rings. The number of ether oxygens (including phenoxy) is 1. The topological polar surface area (TPSA) is 46.6 Å². The van der Waals surface area contributed by atoms with Crippen molar-refractivity contribution in [3.05, 3.63) is 12.0 Å². The van der Waals surface area contributed by atoms with Gasteiger partial charge in [0.2, 0.25) is 5.91 Å². The molecule has 0 radical (unpaired) electrons. The summed E-state index contributed by atoms with van der Waals surface area (Å²) in [6.07, 6.45) is 2.43. The first kappa shape index (κ1) is 11.8. The second kappa shape index (κ2) is 4.47. The highest BCUT2D eigenvalue weighted by atomic mass is 16.5. The molecule has 0 saturated heterocycles. The molecule has 4 nitrogen and oxygen atoms in total. The largest absolute Gasteiger partial charge is 0.428 e. The Morgan fingerprint density at radius 2 is 2.27 bits per heavy atom. The van der Waals surface area contributed by atoms with E-state index in [0.29, 0.717) is 5.76 Å². The van der Waals surface area contributed by atoms with Crippen molar-refractivity contribution in [2.75, 3.05) is 0 Å². The molecular formula is C11H17NO3. The van der Waals surface area contributed by atoms with Crippen LogP contribution >= 0.6 is 0 Å². The summed E-state index contributed by atoms with van der Waals surface area (Å²) < 4.78 is 5.03. The van der Waals surface area contributed by atoms with Crippen LogP contribution < -0.4 is 0 Å². The minimum atomic E-state index is -0.476. The van der Waals surface area contributed by atoms with Crippen LogP contribution in [0.15, 0.2) is 12.0 Å². The van der Waals surface area contributed by atoms with Crippen LogP contribution in [-0.4, -0.2) is 22.8 Å². The zero-order valence-electron chi connectivity index (χ0n) is 9.61. The quantitative estimate of drug-likeness (QED) is 0.653. The van der Waals surface area contributed by atoms with Crippen molar-refractivity contribution in [1.82, 2.24) is 4.90 Å². The van der Waals surface area contributed by atoms with Gasteiger partial charge in [-0.15, -0.1) is 0 Å². The summed E-state index contributed by atoms with van der Waals surface area (Å²) in [7, 11) is 0. The Balaban J connectivity index is 3.00. The molecule has 0 spiro atoms. The third-order valence-electron chi connectivity index (χ3n) is 2.67. The minimum absolute atomic E-state index is 0.103. The fourth-order valence-electron chi connectivity index (χ4n) is 1.65. The van der Waals surface area contributed by atoms with Crippen LogP contribution in [0.4, 0.5) is 0 Å². The molecule has 2 atom stereocenters. The van der Waals surface area contributed by atoms with E-state index < -0.39 is 6.04 Å². The van der Waals surface area contributed by atoms with E-state index in [1.165, 1.54) is 11.8 Å². The molecule has 0 aliphatic carbocycles. The van der Waals surface area contributed by atoms with Gasteiger partial charge in [-0.25, -0.2) is 4.79 Å². The number of nitrogens with zero attached hydrogens (tertiary/aromatic N) is 1. The van der Waals surface area contributed by atoms with Crippen LogP contribution in [0.5, 0.6) is 0 Å². The third-order valence-corrected chi connectivity index (χ3v) is 2.67. The summed E-state index contributed by atoms with van der Waals surface area (Å²) in [5.74, 6) is 0.108. The Kier molecular flexibility index (Phi) is 3.50. The second-order valence-corrected chi connectivity index (χ2v) is 3.92. The normalized spacial score (nSPS) is 23.2. The molecule has 0 N–H and O–H groups in total. The van der Waals surface area contributed by atoms with E-state index in [0.717, 1.165) is 6.42 Å². The van der Waals surface area contributed by atoms with Crippen molar-refractivity contribution in [1.29, 1.82) is 0 Å². The molecule has 15 heavy (non-hydrogen) atoms. The summed E-state index contributed by atoms with van der Waals surface area (Å²) in [5.41, 5.74) is 0. The monoisotopic (exact) mass is 211 g/mol. The van der Waals surface area contributed by atoms with Gasteiger partial charge in [0.25, 0.3) is 0 Å². The van der Waals surface area contributed by atoms with Crippen LogP contribution in [0.3, 0.4) is 0 Å². The van der Waals surface area contributed by atoms with E-state index >= 15 is 0 Å². The predicted octanol–water partition coefficient (Wildman–Crippen LogP) is 1.67. The van der Waals surface area contributed by atoms with Crippen molar-refractivity contribution in [2.24, 2.45) is 5.92 Å². The van der Waals surface area contributed by atoms with Gasteiger partial charge in [-0.2, -0.15) is 0 Å². The Morgan fingerprint density at radius 1 is 1.67 bits per heavy atom. The van der Waals surface area contributed by atoms with Crippen molar-refractivity contribution < 1.29 is 14.3 Å². The summed E-state index contributed by atoms with van der Waals surface area (Å²) in [5, 5.41) is 0. The first-order valence-corrected chi connectivity index (χ1v) is 5.16. The number of hydrogen-bond donors (Lipinski definition) is 0. The van der Waals surface area contributed by atoms with Crippen LogP contribution in [0.2, 0.25) is 0 Å². The van der Waals surface area contributed by atoms with Gasteiger partial charge in [-0.1, -0.05) is 20.3 Å². The molecule has 1 aliphatic rings. The van der Waals surface area contributed by atoms with E-state index in [9.17, 15) is 9.59 Å². The highest BCUT2D eigenvalue weighted by Crippen LogP contribution is 2.22. The molecule has 0 fully saturated rings. The number of carbonyl (C=O) groups is 2. The summed E-state index contributed by atoms with van der Waals surface area (Å²) >= 11 is 0. The number of allylic oxidation sites excluding steroid dienone is 1. The third kappa shape index (κ3) is 2.37. The zero-order valence-corrected chi connectivity index (χ0v) is 9.61. The van der Waals surface area contributed by atoms with Crippen LogP contribution in [0, 0.1) is 5.92 Å². The fourth-order valence-corrected chi connectivity index (χ4v) is 1.65. The summed E-state index contributed by atoms with van der Waals surface area (Å²) in [6, 6.07) is -0.476. The number of carbonyl (C=O) groups excluding carboxylic acids is 2. The van der Waals surface area contributed by atoms with E-state index in [2.05, 4.69) is 0 Å². The van der Waals surface area contributed by atoms with E-state index in [4.69, 9.17) is 4.74 Å². The molecule has 0 aromatic heterocycles. The zero-order chi connectivity index (χ0) is 11.6. The Hall–Kier alpha value is -1.32. The molecular weight excluding hydrogens is 194 g/mol. The SMILES string of the molecule is CCC(C)C1C(=O)OC(C)=CN1C(C)=O. The molecule has 1 aliphatic heterocycles. The number of cyclic esters (lactones) is 1. The number of amides is 1. The average molecular weight is 211 g/mol.